The third-order valence-electron chi connectivity index (χ3n) is 4.47. The predicted molar refractivity (Wildman–Crippen MR) is 85.8 cm³/mol. The fourth-order valence-electron chi connectivity index (χ4n) is 3.12. The molecule has 2 aromatic heterocycles. The van der Waals surface area contributed by atoms with Gasteiger partial charge in [-0.2, -0.15) is 0 Å². The zero-order chi connectivity index (χ0) is 16.1. The van der Waals surface area contributed by atoms with Crippen molar-refractivity contribution in [3.8, 4) is 0 Å². The summed E-state index contributed by atoms with van der Waals surface area (Å²) in [4.78, 5) is 25.5. The predicted octanol–water partition coefficient (Wildman–Crippen LogP) is 1.49. The maximum atomic E-state index is 12.5. The lowest BCUT2D eigenvalue weighted by Gasteiger charge is -2.33. The molecule has 0 saturated heterocycles. The number of hydrogen-bond donors (Lipinski definition) is 1. The minimum absolute atomic E-state index is 0.225. The number of amides is 1. The highest BCUT2D eigenvalue weighted by Gasteiger charge is 2.31. The van der Waals surface area contributed by atoms with Crippen molar-refractivity contribution in [2.24, 2.45) is 17.1 Å². The summed E-state index contributed by atoms with van der Waals surface area (Å²) in [6, 6.07) is 0. The van der Waals surface area contributed by atoms with Gasteiger partial charge in [0, 0.05) is 4.88 Å². The van der Waals surface area contributed by atoms with Gasteiger partial charge >= 0.3 is 0 Å². The topological polar surface area (TPSA) is 90.9 Å². The van der Waals surface area contributed by atoms with E-state index in [2.05, 4.69) is 31.1 Å². The molecule has 2 aromatic rings. The highest BCUT2D eigenvalue weighted by Crippen LogP contribution is 2.41. The van der Waals surface area contributed by atoms with Crippen LogP contribution in [0, 0.1) is 11.3 Å². The number of hydrogen-bond acceptors (Lipinski definition) is 5. The largest absolute Gasteiger partial charge is 0.368 e. The molecule has 1 aliphatic carbocycles. The van der Waals surface area contributed by atoms with E-state index in [1.807, 2.05) is 0 Å². The molecule has 7 heteroatoms. The molecular weight excluding hydrogens is 300 g/mol. The van der Waals surface area contributed by atoms with Crippen LogP contribution in [0.4, 0.5) is 0 Å². The third kappa shape index (κ3) is 2.54. The molecule has 118 valence electrons. The van der Waals surface area contributed by atoms with E-state index in [1.54, 1.807) is 11.3 Å². The Kier molecular flexibility index (Phi) is 3.55. The molecule has 3 rings (SSSR count). The minimum atomic E-state index is -0.590. The fraction of sp³-hybridized carbons (Fsp3) is 0.600. The summed E-state index contributed by atoms with van der Waals surface area (Å²) in [5, 5.41) is 8.56. The van der Waals surface area contributed by atoms with Crippen molar-refractivity contribution in [2.45, 2.75) is 46.6 Å². The number of rotatable bonds is 2. The van der Waals surface area contributed by atoms with Gasteiger partial charge in [0.05, 0.1) is 5.39 Å². The van der Waals surface area contributed by atoms with Crippen molar-refractivity contribution in [2.75, 3.05) is 0 Å². The quantitative estimate of drug-likeness (QED) is 0.907. The lowest BCUT2D eigenvalue weighted by atomic mass is 9.72. The number of aryl methyl sites for hydroxylation is 1. The molecule has 6 nitrogen and oxygen atoms in total. The smallest absolute Gasteiger partial charge is 0.279 e. The molecule has 0 aliphatic heterocycles. The molecule has 1 aliphatic rings. The van der Waals surface area contributed by atoms with Gasteiger partial charge in [0.15, 0.2) is 4.83 Å². The van der Waals surface area contributed by atoms with E-state index in [9.17, 15) is 9.59 Å². The van der Waals surface area contributed by atoms with Gasteiger partial charge in [0.25, 0.3) is 5.56 Å². The molecule has 0 spiro atoms. The van der Waals surface area contributed by atoms with Crippen LogP contribution in [0.25, 0.3) is 10.2 Å². The average Bonchev–Trinajstić information content (AvgIpc) is 2.78. The van der Waals surface area contributed by atoms with E-state index in [1.165, 1.54) is 4.88 Å². The number of aromatic nitrogens is 3. The summed E-state index contributed by atoms with van der Waals surface area (Å²) in [5.74, 6) is 0.0153. The molecule has 0 bridgehead atoms. The van der Waals surface area contributed by atoms with Crippen LogP contribution in [0.3, 0.4) is 0 Å². The van der Waals surface area contributed by atoms with Crippen molar-refractivity contribution in [1.29, 1.82) is 0 Å². The van der Waals surface area contributed by atoms with Gasteiger partial charge in [0.1, 0.15) is 6.54 Å². The number of fused-ring (bicyclic) bond motifs is 3. The fourth-order valence-corrected chi connectivity index (χ4v) is 4.35. The first-order valence-electron chi connectivity index (χ1n) is 7.43. The van der Waals surface area contributed by atoms with Crippen molar-refractivity contribution in [1.82, 2.24) is 15.0 Å². The minimum Gasteiger partial charge on any atom is -0.368 e. The summed E-state index contributed by atoms with van der Waals surface area (Å²) in [5.41, 5.74) is 6.25. The lowest BCUT2D eigenvalue weighted by Crippen LogP contribution is -2.31. The van der Waals surface area contributed by atoms with Crippen LogP contribution in [-0.2, 0) is 24.2 Å². The highest BCUT2D eigenvalue weighted by molar-refractivity contribution is 7.18. The summed E-state index contributed by atoms with van der Waals surface area (Å²) in [6.45, 7) is 6.55. The standard InChI is InChI=1S/C15H20N4O2S/c1-15(2,3)8-4-5-9-10(6-8)22-13-12(9)14(21)19(18-17-13)7-11(16)20/h8H,4-7H2,1-3H3,(H2,16,20)/t8-/m0/s1. The highest BCUT2D eigenvalue weighted by atomic mass is 32.1. The van der Waals surface area contributed by atoms with E-state index < -0.39 is 5.91 Å². The van der Waals surface area contributed by atoms with Gasteiger partial charge in [-0.15, -0.1) is 16.4 Å². The molecule has 0 aromatic carbocycles. The van der Waals surface area contributed by atoms with Gasteiger partial charge in [0.2, 0.25) is 5.91 Å². The summed E-state index contributed by atoms with van der Waals surface area (Å²) < 4.78 is 1.06. The van der Waals surface area contributed by atoms with E-state index in [-0.39, 0.29) is 17.5 Å². The molecule has 0 fully saturated rings. The van der Waals surface area contributed by atoms with Gasteiger partial charge in [-0.1, -0.05) is 26.0 Å². The number of primary amides is 1. The van der Waals surface area contributed by atoms with Crippen molar-refractivity contribution >= 4 is 27.5 Å². The van der Waals surface area contributed by atoms with E-state index in [4.69, 9.17) is 5.73 Å². The Morgan fingerprint density at radius 3 is 2.82 bits per heavy atom. The second-order valence-electron chi connectivity index (χ2n) is 7.01. The summed E-state index contributed by atoms with van der Waals surface area (Å²) in [6.07, 6.45) is 2.93. The van der Waals surface area contributed by atoms with Gasteiger partial charge in [-0.3, -0.25) is 9.59 Å². The summed E-state index contributed by atoms with van der Waals surface area (Å²) >= 11 is 1.56. The van der Waals surface area contributed by atoms with Gasteiger partial charge < -0.3 is 5.73 Å². The Bertz CT molecular complexity index is 800. The first-order chi connectivity index (χ1) is 10.3. The van der Waals surface area contributed by atoms with E-state index in [0.717, 1.165) is 29.5 Å². The van der Waals surface area contributed by atoms with E-state index >= 15 is 0 Å². The molecule has 0 radical (unpaired) electrons. The molecule has 2 heterocycles. The first kappa shape index (κ1) is 15.1. The molecule has 1 amide bonds. The van der Waals surface area contributed by atoms with Crippen molar-refractivity contribution in [3.63, 3.8) is 0 Å². The monoisotopic (exact) mass is 320 g/mol. The lowest BCUT2D eigenvalue weighted by molar-refractivity contribution is -0.118. The van der Waals surface area contributed by atoms with Crippen LogP contribution in [0.2, 0.25) is 0 Å². The van der Waals surface area contributed by atoms with Gasteiger partial charge in [-0.25, -0.2) is 4.68 Å². The second-order valence-corrected chi connectivity index (χ2v) is 8.09. The van der Waals surface area contributed by atoms with Crippen LogP contribution < -0.4 is 11.3 Å². The maximum Gasteiger partial charge on any atom is 0.279 e. The average molecular weight is 320 g/mol. The van der Waals surface area contributed by atoms with Crippen molar-refractivity contribution in [3.05, 3.63) is 20.8 Å². The second kappa shape index (κ2) is 5.15. The van der Waals surface area contributed by atoms with Crippen LogP contribution >= 0.6 is 11.3 Å². The zero-order valence-electron chi connectivity index (χ0n) is 13.0. The van der Waals surface area contributed by atoms with Crippen LogP contribution in [0.5, 0.6) is 0 Å². The van der Waals surface area contributed by atoms with Crippen molar-refractivity contribution < 1.29 is 4.79 Å². The third-order valence-corrected chi connectivity index (χ3v) is 5.61. The Labute approximate surface area is 132 Å². The Morgan fingerprint density at radius 2 is 2.18 bits per heavy atom. The first-order valence-corrected chi connectivity index (χ1v) is 8.25. The number of nitrogens with zero attached hydrogens (tertiary/aromatic N) is 3. The maximum absolute atomic E-state index is 12.5. The molecule has 1 atom stereocenters. The molecule has 0 unspecified atom stereocenters. The molecular formula is C15H20N4O2S. The zero-order valence-corrected chi connectivity index (χ0v) is 13.9. The molecule has 22 heavy (non-hydrogen) atoms. The number of nitrogens with two attached hydrogens (primary N) is 1. The number of carbonyl (C=O) groups excluding carboxylic acids is 1. The Morgan fingerprint density at radius 1 is 1.45 bits per heavy atom. The normalized spacial score (nSPS) is 18.4. The van der Waals surface area contributed by atoms with Gasteiger partial charge in [-0.05, 0) is 36.2 Å². The van der Waals surface area contributed by atoms with Crippen LogP contribution in [-0.4, -0.2) is 20.9 Å². The molecule has 2 N–H and O–H groups in total. The van der Waals surface area contributed by atoms with E-state index in [0.29, 0.717) is 16.1 Å². The SMILES string of the molecule is CC(C)(C)[C@H]1CCc2c(sc3nnn(CC(N)=O)c(=O)c23)C1. The Hall–Kier alpha value is -1.76. The number of carbonyl (C=O) groups is 1. The molecule has 0 saturated carbocycles. The Balaban J connectivity index is 2.08. The summed E-state index contributed by atoms with van der Waals surface area (Å²) in [7, 11) is 0. The number of thiophene rings is 1. The van der Waals surface area contributed by atoms with Crippen LogP contribution in [0.15, 0.2) is 4.79 Å². The van der Waals surface area contributed by atoms with Crippen LogP contribution in [0.1, 0.15) is 37.6 Å².